The minimum absolute atomic E-state index is 0. The number of halogens is 1. The van der Waals surface area contributed by atoms with Gasteiger partial charge >= 0.3 is 5.97 Å². The predicted octanol–water partition coefficient (Wildman–Crippen LogP) is 3.49. The molecule has 4 rings (SSSR count). The van der Waals surface area contributed by atoms with E-state index in [2.05, 4.69) is 11.0 Å². The van der Waals surface area contributed by atoms with Gasteiger partial charge in [-0.15, -0.1) is 17.0 Å². The van der Waals surface area contributed by atoms with Crippen LogP contribution in [0.4, 0.5) is 0 Å². The number of ether oxygens (including phenoxy) is 1. The number of carbonyl (C=O) groups excluding carboxylic acids is 1. The van der Waals surface area contributed by atoms with E-state index in [1.807, 2.05) is 41.0 Å². The zero-order valence-corrected chi connectivity index (χ0v) is 18.1. The van der Waals surface area contributed by atoms with Crippen molar-refractivity contribution in [1.82, 2.24) is 9.47 Å². The van der Waals surface area contributed by atoms with E-state index >= 15 is 0 Å². The first-order valence-corrected chi connectivity index (χ1v) is 10.0. The van der Waals surface area contributed by atoms with Crippen molar-refractivity contribution >= 4 is 29.0 Å². The summed E-state index contributed by atoms with van der Waals surface area (Å²) < 4.78 is 7.28. The van der Waals surface area contributed by atoms with Crippen LogP contribution in [0.2, 0.25) is 0 Å². The fraction of sp³-hybridized carbons (Fsp3) is 0.391. The SMILES string of the molecule is Br.O=C(/C=C/c1ccccc1)OCCCN1C[C@@H]2C[C@H](C1)c1cccc(=O)n1C2. The Morgan fingerprint density at radius 2 is 1.90 bits per heavy atom. The molecule has 2 bridgehead atoms. The Morgan fingerprint density at radius 1 is 1.07 bits per heavy atom. The molecule has 3 heterocycles. The fourth-order valence-corrected chi connectivity index (χ4v) is 4.42. The number of benzene rings is 1. The monoisotopic (exact) mass is 458 g/mol. The minimum Gasteiger partial charge on any atom is -0.462 e. The van der Waals surface area contributed by atoms with Crippen LogP contribution in [-0.2, 0) is 16.1 Å². The number of fused-ring (bicyclic) bond motifs is 4. The van der Waals surface area contributed by atoms with Gasteiger partial charge in [0, 0.05) is 49.9 Å². The lowest BCUT2D eigenvalue weighted by atomic mass is 9.83. The Bertz CT molecular complexity index is 910. The third-order valence-corrected chi connectivity index (χ3v) is 5.63. The number of nitrogens with zero attached hydrogens (tertiary/aromatic N) is 2. The second-order valence-corrected chi connectivity index (χ2v) is 7.72. The van der Waals surface area contributed by atoms with Gasteiger partial charge in [-0.3, -0.25) is 4.79 Å². The van der Waals surface area contributed by atoms with E-state index in [0.717, 1.165) is 38.2 Å². The lowest BCUT2D eigenvalue weighted by Crippen LogP contribution is -2.47. The number of esters is 1. The summed E-state index contributed by atoms with van der Waals surface area (Å²) in [4.78, 5) is 26.4. The average molecular weight is 459 g/mol. The molecule has 2 aromatic rings. The van der Waals surface area contributed by atoms with E-state index in [1.165, 1.54) is 18.2 Å². The number of hydrogen-bond donors (Lipinski definition) is 0. The van der Waals surface area contributed by atoms with Crippen LogP contribution in [0.15, 0.2) is 59.4 Å². The van der Waals surface area contributed by atoms with Crippen LogP contribution in [0.3, 0.4) is 0 Å². The van der Waals surface area contributed by atoms with Crippen molar-refractivity contribution in [2.45, 2.75) is 25.3 Å². The van der Waals surface area contributed by atoms with Gasteiger partial charge in [0.15, 0.2) is 0 Å². The number of rotatable bonds is 6. The largest absolute Gasteiger partial charge is 0.462 e. The number of piperidine rings is 1. The maximum Gasteiger partial charge on any atom is 0.330 e. The molecule has 0 spiro atoms. The molecular formula is C23H27BrN2O3. The summed E-state index contributed by atoms with van der Waals surface area (Å²) in [5.74, 6) is 0.660. The van der Waals surface area contributed by atoms with Crippen molar-refractivity contribution in [3.8, 4) is 0 Å². The van der Waals surface area contributed by atoms with Gasteiger partial charge in [-0.1, -0.05) is 36.4 Å². The van der Waals surface area contributed by atoms with Crippen LogP contribution in [0, 0.1) is 5.92 Å². The van der Waals surface area contributed by atoms with Crippen molar-refractivity contribution in [3.63, 3.8) is 0 Å². The van der Waals surface area contributed by atoms with Crippen molar-refractivity contribution in [1.29, 1.82) is 0 Å². The molecule has 6 heteroatoms. The molecule has 2 aliphatic rings. The molecule has 154 valence electrons. The van der Waals surface area contributed by atoms with E-state index in [9.17, 15) is 9.59 Å². The number of carbonyl (C=O) groups is 1. The van der Waals surface area contributed by atoms with E-state index in [1.54, 1.807) is 12.1 Å². The van der Waals surface area contributed by atoms with Gasteiger partial charge in [-0.25, -0.2) is 4.79 Å². The normalized spacial score (nSPS) is 20.7. The van der Waals surface area contributed by atoms with Crippen molar-refractivity contribution in [2.75, 3.05) is 26.2 Å². The Labute approximate surface area is 181 Å². The maximum absolute atomic E-state index is 12.1. The van der Waals surface area contributed by atoms with Crippen molar-refractivity contribution in [2.24, 2.45) is 5.92 Å². The Hall–Kier alpha value is -2.18. The molecule has 2 atom stereocenters. The first-order chi connectivity index (χ1) is 13.7. The molecule has 1 aromatic heterocycles. The quantitative estimate of drug-likeness (QED) is 0.377. The van der Waals surface area contributed by atoms with Gasteiger partial charge in [-0.05, 0) is 36.5 Å². The summed E-state index contributed by atoms with van der Waals surface area (Å²) >= 11 is 0. The Balaban J connectivity index is 0.00000240. The van der Waals surface area contributed by atoms with Crippen LogP contribution in [0.5, 0.6) is 0 Å². The number of pyridine rings is 1. The molecule has 0 unspecified atom stereocenters. The molecule has 0 amide bonds. The van der Waals surface area contributed by atoms with Crippen LogP contribution in [0.25, 0.3) is 6.08 Å². The highest BCUT2D eigenvalue weighted by molar-refractivity contribution is 8.93. The summed E-state index contributed by atoms with van der Waals surface area (Å²) in [6.07, 6.45) is 5.24. The summed E-state index contributed by atoms with van der Waals surface area (Å²) in [6.45, 7) is 4.15. The van der Waals surface area contributed by atoms with Gasteiger partial charge in [0.2, 0.25) is 0 Å². The topological polar surface area (TPSA) is 51.5 Å². The molecule has 1 fully saturated rings. The van der Waals surface area contributed by atoms with Crippen LogP contribution >= 0.6 is 17.0 Å². The lowest BCUT2D eigenvalue weighted by Gasteiger charge is -2.42. The van der Waals surface area contributed by atoms with E-state index in [0.29, 0.717) is 18.4 Å². The van der Waals surface area contributed by atoms with Crippen molar-refractivity contribution in [3.05, 3.63) is 76.2 Å². The molecular weight excluding hydrogens is 432 g/mol. The van der Waals surface area contributed by atoms with E-state index in [4.69, 9.17) is 4.74 Å². The van der Waals surface area contributed by atoms with Gasteiger partial charge in [0.1, 0.15) is 0 Å². The van der Waals surface area contributed by atoms with E-state index < -0.39 is 0 Å². The zero-order chi connectivity index (χ0) is 19.3. The Morgan fingerprint density at radius 3 is 2.72 bits per heavy atom. The molecule has 0 saturated carbocycles. The smallest absolute Gasteiger partial charge is 0.330 e. The maximum atomic E-state index is 12.1. The highest BCUT2D eigenvalue weighted by Crippen LogP contribution is 2.34. The third kappa shape index (κ3) is 5.46. The molecule has 1 aromatic carbocycles. The molecule has 1 saturated heterocycles. The first kappa shape index (κ1) is 21.5. The predicted molar refractivity (Wildman–Crippen MR) is 119 cm³/mol. The molecule has 29 heavy (non-hydrogen) atoms. The molecule has 0 aliphatic carbocycles. The minimum atomic E-state index is -0.298. The van der Waals surface area contributed by atoms with Gasteiger partial charge < -0.3 is 14.2 Å². The van der Waals surface area contributed by atoms with Crippen LogP contribution in [-0.4, -0.2) is 41.7 Å². The highest BCUT2D eigenvalue weighted by Gasteiger charge is 2.34. The molecule has 5 nitrogen and oxygen atoms in total. The summed E-state index contributed by atoms with van der Waals surface area (Å²) in [7, 11) is 0. The fourth-order valence-electron chi connectivity index (χ4n) is 4.42. The zero-order valence-electron chi connectivity index (χ0n) is 16.4. The molecule has 2 aliphatic heterocycles. The van der Waals surface area contributed by atoms with Crippen LogP contribution in [0.1, 0.15) is 30.0 Å². The van der Waals surface area contributed by atoms with Crippen molar-refractivity contribution < 1.29 is 9.53 Å². The van der Waals surface area contributed by atoms with Gasteiger partial charge in [0.05, 0.1) is 6.61 Å². The number of aromatic nitrogens is 1. The lowest BCUT2D eigenvalue weighted by molar-refractivity contribution is -0.137. The highest BCUT2D eigenvalue weighted by atomic mass is 79.9. The second kappa shape index (κ2) is 10.0. The Kier molecular flexibility index (Phi) is 7.45. The van der Waals surface area contributed by atoms with E-state index in [-0.39, 0.29) is 28.5 Å². The standard InChI is InChI=1S/C23H26N2O3.BrH/c26-22-9-4-8-21-20-14-19(16-25(21)22)15-24(17-20)12-5-13-28-23(27)11-10-18-6-2-1-3-7-18;/h1-4,6-11,19-20H,5,12-17H2;1H/b11-10+;/t19-,20+;/m0./s1. The molecule has 0 N–H and O–H groups in total. The average Bonchev–Trinajstić information content (AvgIpc) is 2.71. The third-order valence-electron chi connectivity index (χ3n) is 5.63. The number of hydrogen-bond acceptors (Lipinski definition) is 4. The van der Waals surface area contributed by atoms with Gasteiger partial charge in [-0.2, -0.15) is 0 Å². The summed E-state index contributed by atoms with van der Waals surface area (Å²) in [5.41, 5.74) is 2.28. The summed E-state index contributed by atoms with van der Waals surface area (Å²) in [5, 5.41) is 0. The van der Waals surface area contributed by atoms with Gasteiger partial charge in [0.25, 0.3) is 5.56 Å². The first-order valence-electron chi connectivity index (χ1n) is 10.0. The second-order valence-electron chi connectivity index (χ2n) is 7.72. The van der Waals surface area contributed by atoms with Crippen LogP contribution < -0.4 is 5.56 Å². The number of likely N-dealkylation sites (tertiary alicyclic amines) is 1. The summed E-state index contributed by atoms with van der Waals surface area (Å²) in [6, 6.07) is 15.3. The molecule has 0 radical (unpaired) electrons.